The van der Waals surface area contributed by atoms with Crippen molar-refractivity contribution in [2.75, 3.05) is 13.7 Å². The number of nitrogens with zero attached hydrogens (tertiary/aromatic N) is 2. The van der Waals surface area contributed by atoms with E-state index >= 15 is 0 Å². The lowest BCUT2D eigenvalue weighted by Crippen LogP contribution is -2.11. The maximum atomic E-state index is 13.1. The molecule has 7 heteroatoms. The van der Waals surface area contributed by atoms with Crippen molar-refractivity contribution in [3.63, 3.8) is 0 Å². The molecular formula is C27H25N3O3S. The van der Waals surface area contributed by atoms with Crippen molar-refractivity contribution in [1.29, 1.82) is 0 Å². The third-order valence-electron chi connectivity index (χ3n) is 6.53. The maximum absolute atomic E-state index is 13.1. The summed E-state index contributed by atoms with van der Waals surface area (Å²) in [5.74, 6) is 2.23. The van der Waals surface area contributed by atoms with Gasteiger partial charge in [-0.1, -0.05) is 18.2 Å². The largest absolute Gasteiger partial charge is 0.497 e. The minimum atomic E-state index is -0.0286. The molecule has 0 bridgehead atoms. The summed E-state index contributed by atoms with van der Waals surface area (Å²) in [6.45, 7) is 1.19. The van der Waals surface area contributed by atoms with Gasteiger partial charge in [-0.25, -0.2) is 4.98 Å². The number of benzene rings is 2. The molecule has 6 nitrogen and oxygen atoms in total. The average Bonchev–Trinajstić information content (AvgIpc) is 3.43. The van der Waals surface area contributed by atoms with E-state index in [2.05, 4.69) is 27.9 Å². The van der Waals surface area contributed by atoms with Crippen LogP contribution in [0.4, 0.5) is 0 Å². The molecule has 0 amide bonds. The van der Waals surface area contributed by atoms with Crippen LogP contribution in [0, 0.1) is 0 Å². The van der Waals surface area contributed by atoms with Gasteiger partial charge in [-0.15, -0.1) is 11.3 Å². The Morgan fingerprint density at radius 3 is 2.71 bits per heavy atom. The summed E-state index contributed by atoms with van der Waals surface area (Å²) in [6.07, 6.45) is 6.44. The van der Waals surface area contributed by atoms with Crippen LogP contribution in [0.5, 0.6) is 11.5 Å². The number of aromatic nitrogens is 3. The summed E-state index contributed by atoms with van der Waals surface area (Å²) in [7, 11) is 1.65. The molecule has 0 atom stereocenters. The van der Waals surface area contributed by atoms with Crippen molar-refractivity contribution in [2.45, 2.75) is 32.2 Å². The van der Waals surface area contributed by atoms with E-state index in [1.54, 1.807) is 18.4 Å². The predicted molar refractivity (Wildman–Crippen MR) is 136 cm³/mol. The molecule has 0 fully saturated rings. The van der Waals surface area contributed by atoms with Gasteiger partial charge in [0.1, 0.15) is 28.8 Å². The number of hydrogen-bond donors (Lipinski definition) is 1. The van der Waals surface area contributed by atoms with Crippen LogP contribution in [0.1, 0.15) is 23.3 Å². The van der Waals surface area contributed by atoms with Gasteiger partial charge in [0.05, 0.1) is 19.0 Å². The lowest BCUT2D eigenvalue weighted by molar-refractivity contribution is 0.300. The number of hydrogen-bond acceptors (Lipinski definition) is 5. The minimum Gasteiger partial charge on any atom is -0.497 e. The second-order valence-corrected chi connectivity index (χ2v) is 9.67. The van der Waals surface area contributed by atoms with Crippen LogP contribution in [0.25, 0.3) is 32.5 Å². The van der Waals surface area contributed by atoms with E-state index in [-0.39, 0.29) is 5.56 Å². The second-order valence-electron chi connectivity index (χ2n) is 8.58. The zero-order valence-electron chi connectivity index (χ0n) is 19.0. The smallest absolute Gasteiger partial charge is 0.260 e. The number of thiophene rings is 1. The lowest BCUT2D eigenvalue weighted by Gasteiger charge is -2.09. The number of fused-ring (bicyclic) bond motifs is 4. The molecule has 0 unspecified atom stereocenters. The van der Waals surface area contributed by atoms with Crippen LogP contribution in [0.2, 0.25) is 0 Å². The van der Waals surface area contributed by atoms with Crippen LogP contribution < -0.4 is 15.0 Å². The third-order valence-corrected chi connectivity index (χ3v) is 7.71. The van der Waals surface area contributed by atoms with Gasteiger partial charge >= 0.3 is 0 Å². The molecule has 1 aliphatic rings. The highest BCUT2D eigenvalue weighted by atomic mass is 32.1. The van der Waals surface area contributed by atoms with Gasteiger partial charge in [0.25, 0.3) is 5.56 Å². The topological polar surface area (TPSA) is 69.1 Å². The first-order valence-corrected chi connectivity index (χ1v) is 12.4. The molecule has 5 aromatic rings. The van der Waals surface area contributed by atoms with E-state index in [9.17, 15) is 4.79 Å². The molecule has 172 valence electrons. The standard InChI is InChI=1S/C27H25N3O3S/c1-32-17-10-12-18(13-11-17)33-15-14-30-16-21(19-6-2-4-8-22(19)30)25-28-26(31)24-20-7-3-5-9-23(20)34-27(24)29-25/h2,4,6,8,10-13,16H,3,5,7,9,14-15H2,1H3,(H,28,29,31). The summed E-state index contributed by atoms with van der Waals surface area (Å²) in [5, 5.41) is 1.86. The van der Waals surface area contributed by atoms with Crippen LogP contribution in [-0.2, 0) is 19.4 Å². The van der Waals surface area contributed by atoms with Gasteiger partial charge < -0.3 is 19.0 Å². The van der Waals surface area contributed by atoms with Crippen molar-refractivity contribution in [1.82, 2.24) is 14.5 Å². The minimum absolute atomic E-state index is 0.0286. The van der Waals surface area contributed by atoms with Crippen molar-refractivity contribution in [3.8, 4) is 22.9 Å². The highest BCUT2D eigenvalue weighted by molar-refractivity contribution is 7.18. The molecule has 1 N–H and O–H groups in total. The fraction of sp³-hybridized carbons (Fsp3) is 0.259. The fourth-order valence-electron chi connectivity index (χ4n) is 4.85. The average molecular weight is 472 g/mol. The van der Waals surface area contributed by atoms with Gasteiger partial charge in [0.15, 0.2) is 0 Å². The highest BCUT2D eigenvalue weighted by Crippen LogP contribution is 2.35. The predicted octanol–water partition coefficient (Wildman–Crippen LogP) is 5.57. The van der Waals surface area contributed by atoms with Gasteiger partial charge in [-0.05, 0) is 61.6 Å². The molecule has 0 saturated heterocycles. The monoisotopic (exact) mass is 471 g/mol. The van der Waals surface area contributed by atoms with E-state index in [0.29, 0.717) is 19.0 Å². The Hall–Kier alpha value is -3.58. The summed E-state index contributed by atoms with van der Waals surface area (Å²) in [5.41, 5.74) is 3.21. The van der Waals surface area contributed by atoms with E-state index in [0.717, 1.165) is 57.4 Å². The molecule has 3 aromatic heterocycles. The first-order chi connectivity index (χ1) is 16.7. The zero-order valence-corrected chi connectivity index (χ0v) is 19.8. The number of nitrogens with one attached hydrogen (secondary N) is 1. The Labute approximate surface area is 200 Å². The van der Waals surface area contributed by atoms with Gasteiger partial charge in [0.2, 0.25) is 0 Å². The fourth-order valence-corrected chi connectivity index (χ4v) is 6.11. The molecular weight excluding hydrogens is 446 g/mol. The summed E-state index contributed by atoms with van der Waals surface area (Å²) in [4.78, 5) is 23.3. The van der Waals surface area contributed by atoms with E-state index in [1.165, 1.54) is 16.9 Å². The lowest BCUT2D eigenvalue weighted by atomic mass is 9.97. The summed E-state index contributed by atoms with van der Waals surface area (Å²) >= 11 is 1.68. The Kier molecular flexibility index (Phi) is 5.34. The molecule has 0 aliphatic heterocycles. The zero-order chi connectivity index (χ0) is 23.1. The maximum Gasteiger partial charge on any atom is 0.260 e. The Morgan fingerprint density at radius 2 is 1.85 bits per heavy atom. The number of rotatable bonds is 6. The van der Waals surface area contributed by atoms with E-state index in [1.807, 2.05) is 36.4 Å². The Bertz CT molecular complexity index is 1550. The number of methoxy groups -OCH3 is 1. The number of aryl methyl sites for hydroxylation is 2. The SMILES string of the molecule is COc1ccc(OCCn2cc(-c3nc4sc5c(c4c(=O)[nH]3)CCCC5)c3ccccc32)cc1. The molecule has 0 saturated carbocycles. The molecule has 34 heavy (non-hydrogen) atoms. The number of aromatic amines is 1. The quantitative estimate of drug-likeness (QED) is 0.351. The Morgan fingerprint density at radius 1 is 1.06 bits per heavy atom. The summed E-state index contributed by atoms with van der Waals surface area (Å²) < 4.78 is 13.3. The molecule has 1 aliphatic carbocycles. The van der Waals surface area contributed by atoms with E-state index < -0.39 is 0 Å². The van der Waals surface area contributed by atoms with Crippen molar-refractivity contribution < 1.29 is 9.47 Å². The molecule has 0 radical (unpaired) electrons. The first kappa shape index (κ1) is 21.0. The van der Waals surface area contributed by atoms with Gasteiger partial charge in [0, 0.05) is 27.5 Å². The van der Waals surface area contributed by atoms with Crippen molar-refractivity contribution in [2.24, 2.45) is 0 Å². The molecule has 3 heterocycles. The molecule has 0 spiro atoms. The third kappa shape index (κ3) is 3.66. The van der Waals surface area contributed by atoms with Crippen molar-refractivity contribution >= 4 is 32.5 Å². The van der Waals surface area contributed by atoms with Crippen LogP contribution in [0.3, 0.4) is 0 Å². The molecule has 6 rings (SSSR count). The number of ether oxygens (including phenoxy) is 2. The number of para-hydroxylation sites is 1. The highest BCUT2D eigenvalue weighted by Gasteiger charge is 2.21. The summed E-state index contributed by atoms with van der Waals surface area (Å²) in [6, 6.07) is 15.8. The van der Waals surface area contributed by atoms with Gasteiger partial charge in [-0.2, -0.15) is 0 Å². The second kappa shape index (κ2) is 8.65. The normalized spacial score (nSPS) is 13.3. The van der Waals surface area contributed by atoms with Gasteiger partial charge in [-0.3, -0.25) is 4.79 Å². The van der Waals surface area contributed by atoms with E-state index in [4.69, 9.17) is 14.5 Å². The number of H-pyrrole nitrogens is 1. The van der Waals surface area contributed by atoms with Crippen LogP contribution in [0.15, 0.2) is 59.5 Å². The first-order valence-electron chi connectivity index (χ1n) is 11.6. The molecule has 2 aromatic carbocycles. The Balaban J connectivity index is 1.33. The van der Waals surface area contributed by atoms with Crippen molar-refractivity contribution in [3.05, 3.63) is 75.5 Å². The van der Waals surface area contributed by atoms with Crippen LogP contribution >= 0.6 is 11.3 Å². The van der Waals surface area contributed by atoms with Crippen LogP contribution in [-0.4, -0.2) is 28.3 Å².